The summed E-state index contributed by atoms with van der Waals surface area (Å²) in [7, 11) is -9.81. The highest BCUT2D eigenvalue weighted by Crippen LogP contribution is 2.45. The molecule has 16 nitrogen and oxygen atoms in total. The maximum atomic E-state index is 13.0. The van der Waals surface area contributed by atoms with E-state index in [0.29, 0.717) is 19.3 Å². The molecule has 0 radical (unpaired) electrons. The summed E-state index contributed by atoms with van der Waals surface area (Å²) in [5.74, 6) is -1.60. The van der Waals surface area contributed by atoms with Gasteiger partial charge in [-0.3, -0.25) is 32.5 Å². The number of phosphoric acid groups is 2. The van der Waals surface area contributed by atoms with Gasteiger partial charge >= 0.3 is 33.6 Å². The zero-order valence-electron chi connectivity index (χ0n) is 71.3. The fourth-order valence-corrected chi connectivity index (χ4v) is 13.6. The Morgan fingerprint density at radius 3 is 0.743 bits per heavy atom. The molecule has 0 aliphatic carbocycles. The van der Waals surface area contributed by atoms with E-state index < -0.39 is 91.5 Å². The molecule has 5 unspecified atom stereocenters. The summed E-state index contributed by atoms with van der Waals surface area (Å²) < 4.78 is 61.3. The van der Waals surface area contributed by atoms with Gasteiger partial charge in [-0.2, -0.15) is 0 Å². The lowest BCUT2D eigenvalue weighted by atomic mass is 10.0. The van der Waals surface area contributed by atoms with E-state index in [1.54, 1.807) is 0 Å². The first-order valence-corrected chi connectivity index (χ1v) is 47.8. The lowest BCUT2D eigenvalue weighted by Gasteiger charge is -2.21. The smallest absolute Gasteiger partial charge is 0.463 e. The fourth-order valence-electron chi connectivity index (χ4n) is 12.0. The summed E-state index contributed by atoms with van der Waals surface area (Å²) in [4.78, 5) is 58.9. The van der Waals surface area contributed by atoms with Gasteiger partial charge in [0.05, 0.1) is 26.4 Å². The molecule has 0 amide bonds. The van der Waals surface area contributed by atoms with Gasteiger partial charge < -0.3 is 34.2 Å². The summed E-state index contributed by atoms with van der Waals surface area (Å²) in [6.45, 7) is 2.42. The third-order valence-electron chi connectivity index (χ3n) is 18.7. The van der Waals surface area contributed by atoms with E-state index in [-0.39, 0.29) is 19.3 Å². The number of aliphatic hydroxyl groups is 2. The Bertz CT molecular complexity index is 2680. The highest BCUT2D eigenvalue weighted by molar-refractivity contribution is 7.47. The Balaban J connectivity index is 4.48. The lowest BCUT2D eigenvalue weighted by molar-refractivity contribution is -0.161. The first-order chi connectivity index (χ1) is 55.2. The topological polar surface area (TPSA) is 231 Å². The molecule has 0 rings (SSSR count). The van der Waals surface area contributed by atoms with Crippen molar-refractivity contribution in [2.75, 3.05) is 39.6 Å². The van der Waals surface area contributed by atoms with E-state index in [1.807, 2.05) is 0 Å². The van der Waals surface area contributed by atoms with Crippen LogP contribution in [0.5, 0.6) is 0 Å². The standard InChI is InChI=1S/C95H162O16P2/c1-4-7-10-13-16-19-22-25-28-31-33-35-37-39-40-41-42-43-44-45-46-47-48-50-52-53-55-58-60-63-66-69-72-75-78-81-93(98)105-84-90(96)85-107-112(101,102)108-86-91(97)87-109-113(103,104)110-89-92(111-95(100)83-80-77-74-71-68-65-62-57-30-27-24-21-18-15-12-9-6-3)88-106-94(99)82-79-76-73-70-67-64-61-59-56-54-51-49-38-36-34-32-29-26-23-20-17-14-11-8-5-2/h8-9,11-12,16-21,25-30,33-36,39-40,49,51,62,65,90-92,96-97H,4-7,10,13-15,22-24,31-32,37-38,41-48,50,52-61,63-64,66-89H2,1-3H3,(H,101,102)(H,103,104)/b11-8-,12-9-,19-16-,20-17-,21-18-,28-25-,29-26-,30-27-,35-33-,36-34-,40-39-,51-49-,65-62-. The van der Waals surface area contributed by atoms with Crippen LogP contribution in [0.2, 0.25) is 0 Å². The third-order valence-corrected chi connectivity index (χ3v) is 20.6. The molecule has 0 aliphatic rings. The van der Waals surface area contributed by atoms with Crippen LogP contribution < -0.4 is 0 Å². The Labute approximate surface area is 689 Å². The molecule has 0 saturated heterocycles. The minimum atomic E-state index is -4.95. The van der Waals surface area contributed by atoms with E-state index in [4.69, 9.17) is 32.3 Å². The van der Waals surface area contributed by atoms with Crippen molar-refractivity contribution < 1.29 is 75.8 Å². The van der Waals surface area contributed by atoms with Crippen molar-refractivity contribution >= 4 is 33.6 Å². The van der Waals surface area contributed by atoms with Gasteiger partial charge in [0, 0.05) is 19.3 Å². The lowest BCUT2D eigenvalue weighted by Crippen LogP contribution is -2.30. The number of carbonyl (C=O) groups excluding carboxylic acids is 3. The molecule has 0 saturated carbocycles. The summed E-state index contributed by atoms with van der Waals surface area (Å²) in [6.07, 6.45) is 110. The zero-order chi connectivity index (χ0) is 82.2. The summed E-state index contributed by atoms with van der Waals surface area (Å²) in [6, 6.07) is 0. The molecular weight excluding hydrogens is 1460 g/mol. The van der Waals surface area contributed by atoms with Crippen LogP contribution in [0.15, 0.2) is 158 Å². The van der Waals surface area contributed by atoms with Gasteiger partial charge in [0.1, 0.15) is 25.4 Å². The molecule has 113 heavy (non-hydrogen) atoms. The average Bonchev–Trinajstić information content (AvgIpc) is 0.902. The minimum absolute atomic E-state index is 0.0712. The summed E-state index contributed by atoms with van der Waals surface area (Å²) in [5.41, 5.74) is 0. The van der Waals surface area contributed by atoms with Crippen LogP contribution >= 0.6 is 15.6 Å². The van der Waals surface area contributed by atoms with Crippen molar-refractivity contribution in [2.24, 2.45) is 0 Å². The number of ether oxygens (including phenoxy) is 3. The molecule has 18 heteroatoms. The molecular formula is C95H162O16P2. The molecule has 0 fully saturated rings. The normalized spacial score (nSPS) is 14.6. The molecule has 0 aliphatic heterocycles. The molecule has 0 aromatic heterocycles. The number of carbonyl (C=O) groups is 3. The average molecular weight is 1620 g/mol. The van der Waals surface area contributed by atoms with Gasteiger partial charge in [-0.25, -0.2) is 9.13 Å². The second-order valence-corrected chi connectivity index (χ2v) is 32.5. The molecule has 0 aromatic carbocycles. The Morgan fingerprint density at radius 2 is 0.469 bits per heavy atom. The van der Waals surface area contributed by atoms with Gasteiger partial charge in [0.2, 0.25) is 0 Å². The SMILES string of the molecule is CC/C=C\C/C=C\C/C=C\C/C=C\C/C=C\CCCCCCCCCCCC(=O)OCC(COP(=O)(O)OCC(O)COP(=O)(O)OCC(O)COC(=O)CCCCCCCCCCCCCCCCCCCCC/C=C\C/C=C\C/C=C\C/C=C\CCCCC)OC(=O)CCCCCC/C=C\C/C=C\C/C=C\C/C=C\CC. The number of hydrogen-bond acceptors (Lipinski definition) is 14. The van der Waals surface area contributed by atoms with Gasteiger partial charge in [-0.15, -0.1) is 0 Å². The summed E-state index contributed by atoms with van der Waals surface area (Å²) in [5, 5.41) is 20.7. The van der Waals surface area contributed by atoms with E-state index in [0.717, 1.165) is 154 Å². The van der Waals surface area contributed by atoms with Crippen LogP contribution in [0.25, 0.3) is 0 Å². The zero-order valence-corrected chi connectivity index (χ0v) is 73.0. The van der Waals surface area contributed by atoms with Crippen LogP contribution in [-0.2, 0) is 55.8 Å². The molecule has 0 heterocycles. The van der Waals surface area contributed by atoms with Crippen LogP contribution in [0, 0.1) is 0 Å². The van der Waals surface area contributed by atoms with Crippen molar-refractivity contribution in [3.63, 3.8) is 0 Å². The number of esters is 3. The monoisotopic (exact) mass is 1620 g/mol. The molecule has 0 spiro atoms. The molecule has 0 bridgehead atoms. The van der Waals surface area contributed by atoms with Gasteiger partial charge in [-0.05, 0) is 148 Å². The summed E-state index contributed by atoms with van der Waals surface area (Å²) >= 11 is 0. The third kappa shape index (κ3) is 87.8. The molecule has 5 atom stereocenters. The largest absolute Gasteiger partial charge is 0.472 e. The predicted octanol–water partition coefficient (Wildman–Crippen LogP) is 27.3. The van der Waals surface area contributed by atoms with Crippen molar-refractivity contribution in [3.8, 4) is 0 Å². The predicted molar refractivity (Wildman–Crippen MR) is 472 cm³/mol. The van der Waals surface area contributed by atoms with Crippen LogP contribution in [-0.4, -0.2) is 95.9 Å². The Hall–Kier alpha value is -4.83. The van der Waals surface area contributed by atoms with Crippen molar-refractivity contribution in [2.45, 2.75) is 386 Å². The quantitative estimate of drug-likeness (QED) is 0.0146. The van der Waals surface area contributed by atoms with Crippen LogP contribution in [0.1, 0.15) is 367 Å². The number of aliphatic hydroxyl groups excluding tert-OH is 2. The fraction of sp³-hybridized carbons (Fsp3) is 0.695. The van der Waals surface area contributed by atoms with Crippen LogP contribution in [0.4, 0.5) is 0 Å². The van der Waals surface area contributed by atoms with Gasteiger partial charge in [0.15, 0.2) is 6.10 Å². The van der Waals surface area contributed by atoms with Gasteiger partial charge in [0.25, 0.3) is 0 Å². The molecule has 648 valence electrons. The Kier molecular flexibility index (Phi) is 82.8. The van der Waals surface area contributed by atoms with Crippen molar-refractivity contribution in [3.05, 3.63) is 158 Å². The Morgan fingerprint density at radius 1 is 0.257 bits per heavy atom. The van der Waals surface area contributed by atoms with Gasteiger partial charge in [-0.1, -0.05) is 359 Å². The van der Waals surface area contributed by atoms with E-state index >= 15 is 0 Å². The number of hydrogen-bond donors (Lipinski definition) is 4. The number of unbranched alkanes of at least 4 members (excludes halogenated alkanes) is 35. The van der Waals surface area contributed by atoms with Crippen molar-refractivity contribution in [1.29, 1.82) is 0 Å². The number of rotatable bonds is 84. The van der Waals surface area contributed by atoms with Crippen LogP contribution in [0.3, 0.4) is 0 Å². The first kappa shape index (κ1) is 108. The van der Waals surface area contributed by atoms with E-state index in [2.05, 4.69) is 179 Å². The highest BCUT2D eigenvalue weighted by Gasteiger charge is 2.29. The molecule has 0 aromatic rings. The number of phosphoric ester groups is 2. The second kappa shape index (κ2) is 86.5. The van der Waals surface area contributed by atoms with Crippen molar-refractivity contribution in [1.82, 2.24) is 0 Å². The van der Waals surface area contributed by atoms with E-state index in [9.17, 15) is 43.5 Å². The second-order valence-electron chi connectivity index (χ2n) is 29.6. The van der Waals surface area contributed by atoms with E-state index in [1.165, 1.54) is 154 Å². The maximum absolute atomic E-state index is 13.0. The number of allylic oxidation sites excluding steroid dienone is 26. The first-order valence-electron chi connectivity index (χ1n) is 44.8. The molecule has 4 N–H and O–H groups in total. The minimum Gasteiger partial charge on any atom is -0.463 e. The maximum Gasteiger partial charge on any atom is 0.472 e. The highest BCUT2D eigenvalue weighted by atomic mass is 31.2.